The Morgan fingerprint density at radius 1 is 1.67 bits per heavy atom. The maximum absolute atomic E-state index is 11.3. The second kappa shape index (κ2) is 6.08. The SMILES string of the molecule is CC(O)CCC(=O)NCC1CCOC1C. The van der Waals surface area contributed by atoms with Crippen LogP contribution in [0.25, 0.3) is 0 Å². The fraction of sp³-hybridized carbons (Fsp3) is 0.909. The molecule has 0 aromatic heterocycles. The Balaban J connectivity index is 2.11. The van der Waals surface area contributed by atoms with E-state index in [0.29, 0.717) is 25.3 Å². The lowest BCUT2D eigenvalue weighted by Crippen LogP contribution is -2.32. The van der Waals surface area contributed by atoms with E-state index in [1.165, 1.54) is 0 Å². The van der Waals surface area contributed by atoms with E-state index in [9.17, 15) is 4.79 Å². The smallest absolute Gasteiger partial charge is 0.220 e. The standard InChI is InChI=1S/C11H21NO3/c1-8(13)3-4-11(14)12-7-10-5-6-15-9(10)2/h8-10,13H,3-7H2,1-2H3,(H,12,14). The predicted molar refractivity (Wildman–Crippen MR) is 57.4 cm³/mol. The number of hydrogen-bond donors (Lipinski definition) is 2. The molecule has 1 aliphatic rings. The summed E-state index contributed by atoms with van der Waals surface area (Å²) in [6.07, 6.45) is 1.81. The van der Waals surface area contributed by atoms with E-state index in [1.54, 1.807) is 6.92 Å². The summed E-state index contributed by atoms with van der Waals surface area (Å²) in [6, 6.07) is 0. The highest BCUT2D eigenvalue weighted by Crippen LogP contribution is 2.19. The molecule has 1 saturated heterocycles. The second-order valence-electron chi connectivity index (χ2n) is 4.32. The molecule has 1 fully saturated rings. The topological polar surface area (TPSA) is 58.6 Å². The van der Waals surface area contributed by atoms with Gasteiger partial charge in [0.05, 0.1) is 12.2 Å². The molecular formula is C11H21NO3. The quantitative estimate of drug-likeness (QED) is 0.709. The summed E-state index contributed by atoms with van der Waals surface area (Å²) in [5.74, 6) is 0.468. The average Bonchev–Trinajstić information content (AvgIpc) is 2.58. The van der Waals surface area contributed by atoms with E-state index in [-0.39, 0.29) is 12.0 Å². The van der Waals surface area contributed by atoms with E-state index in [4.69, 9.17) is 9.84 Å². The summed E-state index contributed by atoms with van der Waals surface area (Å²) in [7, 11) is 0. The Hall–Kier alpha value is -0.610. The first-order valence-electron chi connectivity index (χ1n) is 5.66. The van der Waals surface area contributed by atoms with Gasteiger partial charge in [0.15, 0.2) is 0 Å². The Morgan fingerprint density at radius 2 is 2.40 bits per heavy atom. The fourth-order valence-corrected chi connectivity index (χ4v) is 1.72. The van der Waals surface area contributed by atoms with Crippen LogP contribution in [0.2, 0.25) is 0 Å². The lowest BCUT2D eigenvalue weighted by Gasteiger charge is -2.14. The molecule has 0 spiro atoms. The number of rotatable bonds is 5. The van der Waals surface area contributed by atoms with Crippen LogP contribution in [0.3, 0.4) is 0 Å². The van der Waals surface area contributed by atoms with Gasteiger partial charge in [-0.15, -0.1) is 0 Å². The van der Waals surface area contributed by atoms with Crippen molar-refractivity contribution in [3.63, 3.8) is 0 Å². The van der Waals surface area contributed by atoms with Crippen molar-refractivity contribution in [2.24, 2.45) is 5.92 Å². The molecule has 15 heavy (non-hydrogen) atoms. The van der Waals surface area contributed by atoms with Crippen LogP contribution < -0.4 is 5.32 Å². The third-order valence-corrected chi connectivity index (χ3v) is 2.88. The van der Waals surface area contributed by atoms with Gasteiger partial charge in [-0.05, 0) is 26.7 Å². The van der Waals surface area contributed by atoms with Gasteiger partial charge in [0.25, 0.3) is 0 Å². The van der Waals surface area contributed by atoms with E-state index < -0.39 is 6.10 Å². The van der Waals surface area contributed by atoms with Crippen molar-refractivity contribution in [2.75, 3.05) is 13.2 Å². The third kappa shape index (κ3) is 4.62. The van der Waals surface area contributed by atoms with Gasteiger partial charge < -0.3 is 15.2 Å². The van der Waals surface area contributed by atoms with Crippen molar-refractivity contribution >= 4 is 5.91 Å². The molecule has 0 aromatic rings. The zero-order chi connectivity index (χ0) is 11.3. The Bertz CT molecular complexity index is 206. The molecule has 1 aliphatic heterocycles. The van der Waals surface area contributed by atoms with E-state index in [2.05, 4.69) is 5.32 Å². The van der Waals surface area contributed by atoms with Crippen molar-refractivity contribution in [2.45, 2.75) is 45.3 Å². The summed E-state index contributed by atoms with van der Waals surface area (Å²) in [5.41, 5.74) is 0. The van der Waals surface area contributed by atoms with Crippen LogP contribution in [-0.2, 0) is 9.53 Å². The first-order valence-corrected chi connectivity index (χ1v) is 5.66. The largest absolute Gasteiger partial charge is 0.393 e. The molecule has 0 aliphatic carbocycles. The zero-order valence-corrected chi connectivity index (χ0v) is 9.53. The monoisotopic (exact) mass is 215 g/mol. The van der Waals surface area contributed by atoms with Crippen LogP contribution in [0, 0.1) is 5.92 Å². The van der Waals surface area contributed by atoms with Crippen LogP contribution in [0.15, 0.2) is 0 Å². The number of carbonyl (C=O) groups is 1. The Morgan fingerprint density at radius 3 is 2.93 bits per heavy atom. The molecule has 4 nitrogen and oxygen atoms in total. The number of aliphatic hydroxyl groups excluding tert-OH is 1. The minimum absolute atomic E-state index is 0.0231. The number of carbonyl (C=O) groups excluding carboxylic acids is 1. The van der Waals surface area contributed by atoms with Gasteiger partial charge in [0, 0.05) is 25.5 Å². The van der Waals surface area contributed by atoms with Crippen molar-refractivity contribution in [3.05, 3.63) is 0 Å². The van der Waals surface area contributed by atoms with Crippen LogP contribution in [0.1, 0.15) is 33.1 Å². The molecule has 3 atom stereocenters. The number of aliphatic hydroxyl groups is 1. The molecule has 4 heteroatoms. The minimum atomic E-state index is -0.399. The van der Waals surface area contributed by atoms with Crippen molar-refractivity contribution in [1.82, 2.24) is 5.32 Å². The number of ether oxygens (including phenoxy) is 1. The summed E-state index contributed by atoms with van der Waals surface area (Å²) >= 11 is 0. The predicted octanol–water partition coefficient (Wildman–Crippen LogP) is 0.689. The van der Waals surface area contributed by atoms with Crippen molar-refractivity contribution in [3.8, 4) is 0 Å². The minimum Gasteiger partial charge on any atom is -0.393 e. The van der Waals surface area contributed by atoms with Gasteiger partial charge in [-0.1, -0.05) is 0 Å². The van der Waals surface area contributed by atoms with Crippen molar-refractivity contribution in [1.29, 1.82) is 0 Å². The maximum Gasteiger partial charge on any atom is 0.220 e. The summed E-state index contributed by atoms with van der Waals surface area (Å²) < 4.78 is 5.40. The van der Waals surface area contributed by atoms with Crippen LogP contribution >= 0.6 is 0 Å². The van der Waals surface area contributed by atoms with Gasteiger partial charge >= 0.3 is 0 Å². The van der Waals surface area contributed by atoms with Gasteiger partial charge in [-0.3, -0.25) is 4.79 Å². The van der Waals surface area contributed by atoms with Crippen LogP contribution in [0.5, 0.6) is 0 Å². The van der Waals surface area contributed by atoms with Crippen LogP contribution in [0.4, 0.5) is 0 Å². The van der Waals surface area contributed by atoms with Crippen molar-refractivity contribution < 1.29 is 14.6 Å². The second-order valence-corrected chi connectivity index (χ2v) is 4.32. The van der Waals surface area contributed by atoms with E-state index >= 15 is 0 Å². The highest BCUT2D eigenvalue weighted by Gasteiger charge is 2.24. The third-order valence-electron chi connectivity index (χ3n) is 2.88. The Kier molecular flexibility index (Phi) is 5.05. The lowest BCUT2D eigenvalue weighted by molar-refractivity contribution is -0.121. The molecule has 2 N–H and O–H groups in total. The molecule has 0 radical (unpaired) electrons. The molecule has 1 rings (SSSR count). The lowest BCUT2D eigenvalue weighted by atomic mass is 10.0. The average molecular weight is 215 g/mol. The normalized spacial score (nSPS) is 27.7. The zero-order valence-electron chi connectivity index (χ0n) is 9.53. The molecule has 0 aromatic carbocycles. The highest BCUT2D eigenvalue weighted by atomic mass is 16.5. The van der Waals surface area contributed by atoms with Gasteiger partial charge in [-0.2, -0.15) is 0 Å². The molecule has 1 heterocycles. The first-order chi connectivity index (χ1) is 7.09. The summed E-state index contributed by atoms with van der Waals surface area (Å²) in [6.45, 7) is 5.23. The maximum atomic E-state index is 11.3. The fourth-order valence-electron chi connectivity index (χ4n) is 1.72. The van der Waals surface area contributed by atoms with E-state index in [0.717, 1.165) is 13.0 Å². The molecule has 1 amide bonds. The number of nitrogens with one attached hydrogen (secondary N) is 1. The van der Waals surface area contributed by atoms with Gasteiger partial charge in [0.2, 0.25) is 5.91 Å². The summed E-state index contributed by atoms with van der Waals surface area (Å²) in [5, 5.41) is 11.9. The molecule has 0 saturated carbocycles. The molecule has 3 unspecified atom stereocenters. The van der Waals surface area contributed by atoms with Crippen LogP contribution in [-0.4, -0.2) is 36.4 Å². The first kappa shape index (κ1) is 12.5. The highest BCUT2D eigenvalue weighted by molar-refractivity contribution is 5.75. The number of amides is 1. The molecular weight excluding hydrogens is 194 g/mol. The van der Waals surface area contributed by atoms with Gasteiger partial charge in [0.1, 0.15) is 0 Å². The molecule has 0 bridgehead atoms. The number of hydrogen-bond acceptors (Lipinski definition) is 3. The van der Waals surface area contributed by atoms with E-state index in [1.807, 2.05) is 6.92 Å². The summed E-state index contributed by atoms with van der Waals surface area (Å²) in [4.78, 5) is 11.3. The van der Waals surface area contributed by atoms with Gasteiger partial charge in [-0.25, -0.2) is 0 Å². The molecule has 88 valence electrons. The Labute approximate surface area is 91.0 Å².